The predicted molar refractivity (Wildman–Crippen MR) is 129 cm³/mol. The number of hydrogen-bond acceptors (Lipinski definition) is 7. The van der Waals surface area contributed by atoms with E-state index < -0.39 is 5.91 Å². The Kier molecular flexibility index (Phi) is 5.45. The number of carbonyl (C=O) groups excluding carboxylic acids is 2. The normalized spacial score (nSPS) is 16.2. The van der Waals surface area contributed by atoms with E-state index in [-0.39, 0.29) is 29.5 Å². The average molecular weight is 480 g/mol. The number of rotatable bonds is 4. The summed E-state index contributed by atoms with van der Waals surface area (Å²) in [6, 6.07) is 5.39. The smallest absolute Gasteiger partial charge is 0.302 e. The maximum absolute atomic E-state index is 13.3. The number of nitrogens with one attached hydrogen (secondary N) is 1. The van der Waals surface area contributed by atoms with Gasteiger partial charge in [-0.2, -0.15) is 10.1 Å². The molecule has 1 saturated heterocycles. The highest BCUT2D eigenvalue weighted by molar-refractivity contribution is 6.36. The molecule has 3 N–H and O–H groups in total. The molecule has 5 rings (SSSR count). The molecule has 1 aliphatic heterocycles. The van der Waals surface area contributed by atoms with Gasteiger partial charge in [-0.1, -0.05) is 24.2 Å². The second-order valence-electron chi connectivity index (χ2n) is 8.24. The molecule has 4 aromatic rings. The Hall–Kier alpha value is -3.92. The maximum Gasteiger partial charge on any atom is 0.302 e. The van der Waals surface area contributed by atoms with Gasteiger partial charge in [0.1, 0.15) is 11.3 Å². The van der Waals surface area contributed by atoms with Gasteiger partial charge in [-0.25, -0.2) is 4.98 Å². The first-order valence-corrected chi connectivity index (χ1v) is 11.2. The minimum Gasteiger partial charge on any atom is -0.423 e. The number of likely N-dealkylation sites (tertiary alicyclic amines) is 1. The van der Waals surface area contributed by atoms with Crippen LogP contribution in [0.4, 0.5) is 11.8 Å². The van der Waals surface area contributed by atoms with Gasteiger partial charge in [-0.3, -0.25) is 19.6 Å². The van der Waals surface area contributed by atoms with Crippen molar-refractivity contribution in [2.45, 2.75) is 25.8 Å². The summed E-state index contributed by atoms with van der Waals surface area (Å²) in [5, 5.41) is 7.89. The van der Waals surface area contributed by atoms with E-state index >= 15 is 0 Å². The van der Waals surface area contributed by atoms with Gasteiger partial charge in [0.25, 0.3) is 5.91 Å². The molecule has 0 saturated carbocycles. The summed E-state index contributed by atoms with van der Waals surface area (Å²) in [5.41, 5.74) is 8.90. The van der Waals surface area contributed by atoms with Gasteiger partial charge in [0.15, 0.2) is 11.3 Å². The minimum absolute atomic E-state index is 0.0438. The maximum atomic E-state index is 13.3. The molecule has 1 aromatic carbocycles. The Morgan fingerprint density at radius 2 is 2.21 bits per heavy atom. The lowest BCUT2D eigenvalue weighted by Crippen LogP contribution is -2.40. The number of nitrogens with two attached hydrogens (primary N) is 1. The summed E-state index contributed by atoms with van der Waals surface area (Å²) >= 11 is 6.49. The number of carbonyl (C=O) groups is 2. The second kappa shape index (κ2) is 8.45. The number of hydrogen-bond donors (Lipinski definition) is 2. The molecule has 1 unspecified atom stereocenters. The fourth-order valence-electron chi connectivity index (χ4n) is 4.31. The molecular formula is C23H22ClN7O3. The van der Waals surface area contributed by atoms with Gasteiger partial charge in [0, 0.05) is 13.1 Å². The fourth-order valence-corrected chi connectivity index (χ4v) is 4.54. The van der Waals surface area contributed by atoms with Crippen LogP contribution in [-0.4, -0.2) is 49.6 Å². The Bertz CT molecular complexity index is 1460. The highest BCUT2D eigenvalue weighted by Gasteiger charge is 2.30. The van der Waals surface area contributed by atoms with Crippen molar-refractivity contribution in [3.63, 3.8) is 0 Å². The van der Waals surface area contributed by atoms with Crippen molar-refractivity contribution in [3.8, 4) is 0 Å². The average Bonchev–Trinajstić information content (AvgIpc) is 3.43. The highest BCUT2D eigenvalue weighted by Crippen LogP contribution is 2.34. The van der Waals surface area contributed by atoms with E-state index in [0.29, 0.717) is 40.1 Å². The number of aryl methyl sites for hydroxylation is 1. The van der Waals surface area contributed by atoms with E-state index in [1.54, 1.807) is 15.6 Å². The summed E-state index contributed by atoms with van der Waals surface area (Å²) < 4.78 is 7.32. The third-order valence-corrected chi connectivity index (χ3v) is 6.19. The van der Waals surface area contributed by atoms with Gasteiger partial charge >= 0.3 is 6.01 Å². The number of oxazole rings is 1. The predicted octanol–water partition coefficient (Wildman–Crippen LogP) is 3.72. The van der Waals surface area contributed by atoms with Gasteiger partial charge in [0.05, 0.1) is 28.2 Å². The first-order chi connectivity index (χ1) is 16.4. The van der Waals surface area contributed by atoms with Crippen molar-refractivity contribution in [1.29, 1.82) is 0 Å². The number of pyridine rings is 1. The summed E-state index contributed by atoms with van der Waals surface area (Å²) in [6.07, 6.45) is 4.24. The van der Waals surface area contributed by atoms with E-state index in [9.17, 15) is 9.59 Å². The minimum atomic E-state index is -0.558. The van der Waals surface area contributed by atoms with Crippen molar-refractivity contribution < 1.29 is 14.0 Å². The van der Waals surface area contributed by atoms with Crippen LogP contribution in [0, 0.1) is 6.92 Å². The standard InChI is InChI=1S/C23H22ClN7O3/c1-3-17(32)30-8-4-5-13(11-30)31-20-14(24)10-26-21(25)18(20)19(29-31)22(33)28-23-27-15-9-12(2)6-7-16(15)34-23/h3,6-7,9-10,13H,1,4-5,8,11H2,2H3,(H2,25,26)(H,27,28,33). The van der Waals surface area contributed by atoms with Gasteiger partial charge in [0.2, 0.25) is 5.91 Å². The first kappa shape index (κ1) is 21.9. The molecule has 4 heterocycles. The van der Waals surface area contributed by atoms with Crippen molar-refractivity contribution in [2.24, 2.45) is 0 Å². The molecule has 1 fully saturated rings. The molecule has 174 valence electrons. The summed E-state index contributed by atoms with van der Waals surface area (Å²) in [6.45, 7) is 6.55. The third kappa shape index (κ3) is 3.75. The van der Waals surface area contributed by atoms with Crippen LogP contribution in [0.3, 0.4) is 0 Å². The Morgan fingerprint density at radius 1 is 1.38 bits per heavy atom. The lowest BCUT2D eigenvalue weighted by atomic mass is 10.1. The van der Waals surface area contributed by atoms with Crippen LogP contribution >= 0.6 is 11.6 Å². The third-order valence-electron chi connectivity index (χ3n) is 5.92. The molecule has 0 aliphatic carbocycles. The first-order valence-electron chi connectivity index (χ1n) is 10.8. The summed E-state index contributed by atoms with van der Waals surface area (Å²) in [7, 11) is 0. The Balaban J connectivity index is 1.54. The Labute approximate surface area is 199 Å². The van der Waals surface area contributed by atoms with Crippen LogP contribution < -0.4 is 11.1 Å². The topological polar surface area (TPSA) is 132 Å². The molecule has 2 amide bonds. The number of anilines is 2. The lowest BCUT2D eigenvalue weighted by Gasteiger charge is -2.32. The highest BCUT2D eigenvalue weighted by atomic mass is 35.5. The molecule has 11 heteroatoms. The van der Waals surface area contributed by atoms with Gasteiger partial charge < -0.3 is 15.1 Å². The number of nitrogen functional groups attached to an aromatic ring is 1. The second-order valence-corrected chi connectivity index (χ2v) is 8.64. The molecular weight excluding hydrogens is 458 g/mol. The SMILES string of the molecule is C=CC(=O)N1CCCC(n2nc(C(=O)Nc3nc4cc(C)ccc4o3)c3c(N)ncc(Cl)c32)C1. The quantitative estimate of drug-likeness (QED) is 0.426. The zero-order chi connectivity index (χ0) is 24.0. The molecule has 3 aromatic heterocycles. The molecule has 0 spiro atoms. The monoisotopic (exact) mass is 479 g/mol. The van der Waals surface area contributed by atoms with Crippen LogP contribution in [0.15, 0.2) is 41.5 Å². The van der Waals surface area contributed by atoms with Crippen LogP contribution in [0.25, 0.3) is 22.0 Å². The summed E-state index contributed by atoms with van der Waals surface area (Å²) in [5.74, 6) is -0.589. The van der Waals surface area contributed by atoms with Gasteiger partial charge in [-0.05, 0) is 43.5 Å². The van der Waals surface area contributed by atoms with Crippen molar-refractivity contribution in [3.05, 3.63) is 53.3 Å². The van der Waals surface area contributed by atoms with Crippen molar-refractivity contribution in [1.82, 2.24) is 24.6 Å². The van der Waals surface area contributed by atoms with Crippen molar-refractivity contribution in [2.75, 3.05) is 24.1 Å². The number of benzene rings is 1. The number of piperidine rings is 1. The van der Waals surface area contributed by atoms with E-state index in [1.165, 1.54) is 12.3 Å². The van der Waals surface area contributed by atoms with Gasteiger partial charge in [-0.15, -0.1) is 0 Å². The van der Waals surface area contributed by atoms with E-state index in [0.717, 1.165) is 18.4 Å². The number of aromatic nitrogens is 4. The zero-order valence-corrected chi connectivity index (χ0v) is 19.2. The molecule has 1 atom stereocenters. The lowest BCUT2D eigenvalue weighted by molar-refractivity contribution is -0.127. The van der Waals surface area contributed by atoms with E-state index in [2.05, 4.69) is 27.0 Å². The largest absolute Gasteiger partial charge is 0.423 e. The number of nitrogens with zero attached hydrogens (tertiary/aromatic N) is 5. The molecule has 0 bridgehead atoms. The fraction of sp³-hybridized carbons (Fsp3) is 0.261. The Morgan fingerprint density at radius 3 is 3.00 bits per heavy atom. The number of halogens is 1. The van der Waals surface area contributed by atoms with Crippen LogP contribution in [0.2, 0.25) is 5.02 Å². The number of fused-ring (bicyclic) bond motifs is 2. The van der Waals surface area contributed by atoms with Crippen LogP contribution in [0.1, 0.15) is 34.9 Å². The summed E-state index contributed by atoms with van der Waals surface area (Å²) in [4.78, 5) is 35.6. The van der Waals surface area contributed by atoms with Crippen LogP contribution in [0.5, 0.6) is 0 Å². The van der Waals surface area contributed by atoms with E-state index in [4.69, 9.17) is 21.8 Å². The van der Waals surface area contributed by atoms with Crippen molar-refractivity contribution >= 4 is 57.3 Å². The van der Waals surface area contributed by atoms with Crippen LogP contribution in [-0.2, 0) is 4.79 Å². The number of amides is 2. The molecule has 1 aliphatic rings. The molecule has 34 heavy (non-hydrogen) atoms. The van der Waals surface area contributed by atoms with E-state index in [1.807, 2.05) is 19.1 Å². The molecule has 10 nitrogen and oxygen atoms in total. The molecule has 0 radical (unpaired) electrons. The zero-order valence-electron chi connectivity index (χ0n) is 18.4.